The zero-order valence-corrected chi connectivity index (χ0v) is 19.2. The van der Waals surface area contributed by atoms with Crippen LogP contribution in [-0.4, -0.2) is 99.2 Å². The van der Waals surface area contributed by atoms with Crippen molar-refractivity contribution < 1.29 is 43.9 Å². The molecule has 3 heterocycles. The van der Waals surface area contributed by atoms with Crippen LogP contribution in [0.3, 0.4) is 0 Å². The molecule has 1 fully saturated rings. The molecule has 1 aliphatic carbocycles. The molecule has 14 nitrogen and oxygen atoms in total. The molecule has 14 heteroatoms. The number of carbonyl (C=O) groups is 2. The van der Waals surface area contributed by atoms with Crippen molar-refractivity contribution in [1.29, 1.82) is 0 Å². The Balaban J connectivity index is 1.54. The molecule has 2 aliphatic rings. The molecule has 4 N–H and O–H groups in total. The van der Waals surface area contributed by atoms with E-state index in [0.29, 0.717) is 17.0 Å². The molecule has 188 valence electrons. The first-order valence-corrected chi connectivity index (χ1v) is 10.6. The van der Waals surface area contributed by atoms with Crippen LogP contribution >= 0.6 is 0 Å². The maximum atomic E-state index is 12.9. The number of aliphatic hydroxyl groups excluding tert-OH is 3. The molecule has 0 aromatic carbocycles. The maximum absolute atomic E-state index is 12.9. The second kappa shape index (κ2) is 9.95. The molecule has 1 saturated heterocycles. The zero-order chi connectivity index (χ0) is 25.3. The van der Waals surface area contributed by atoms with Gasteiger partial charge in [-0.1, -0.05) is 0 Å². The molecule has 0 saturated carbocycles. The van der Waals surface area contributed by atoms with Crippen molar-refractivity contribution in [3.05, 3.63) is 35.5 Å². The number of anilines is 1. The number of aromatic nitrogens is 4. The minimum absolute atomic E-state index is 0.0959. The summed E-state index contributed by atoms with van der Waals surface area (Å²) in [6.45, 7) is -0.289. The largest absolute Gasteiger partial charge is 0.492 e. The molecule has 0 spiro atoms. The molecule has 4 unspecified atom stereocenters. The number of ketones is 2. The van der Waals surface area contributed by atoms with Crippen LogP contribution in [-0.2, 0) is 28.5 Å². The first-order chi connectivity index (χ1) is 16.9. The highest BCUT2D eigenvalue weighted by atomic mass is 16.6. The Kier molecular flexibility index (Phi) is 6.98. The van der Waals surface area contributed by atoms with Crippen molar-refractivity contribution in [3.63, 3.8) is 0 Å². The number of nitrogens with zero attached hydrogens (tertiary/aromatic N) is 4. The Morgan fingerprint density at radius 1 is 1.00 bits per heavy atom. The van der Waals surface area contributed by atoms with Crippen LogP contribution in [0, 0.1) is 0 Å². The van der Waals surface area contributed by atoms with E-state index in [9.17, 15) is 24.9 Å². The fourth-order valence-corrected chi connectivity index (χ4v) is 4.08. The van der Waals surface area contributed by atoms with E-state index >= 15 is 0 Å². The van der Waals surface area contributed by atoms with Gasteiger partial charge in [0.2, 0.25) is 17.3 Å². The summed E-state index contributed by atoms with van der Waals surface area (Å²) in [4.78, 5) is 38.1. The summed E-state index contributed by atoms with van der Waals surface area (Å²) in [6.07, 6.45) is -1.79. The van der Waals surface area contributed by atoms with Gasteiger partial charge in [-0.2, -0.15) is 0 Å². The Bertz CT molecular complexity index is 1210. The number of carbonyl (C=O) groups excluding carboxylic acids is 2. The average Bonchev–Trinajstić information content (AvgIpc) is 3.41. The molecule has 4 atom stereocenters. The third kappa shape index (κ3) is 4.10. The SMILES string of the molecule is COC1=C(CCNc2ncnc3c2ncn3C2OC(CO)C(O)C2O)C(=O)C(OC)=C(OC)C1=O. The van der Waals surface area contributed by atoms with Gasteiger partial charge in [0.1, 0.15) is 24.6 Å². The van der Waals surface area contributed by atoms with E-state index in [1.165, 1.54) is 38.6 Å². The number of fused-ring (bicyclic) bond motifs is 1. The van der Waals surface area contributed by atoms with Crippen LogP contribution in [0.25, 0.3) is 11.2 Å². The van der Waals surface area contributed by atoms with Crippen molar-refractivity contribution in [1.82, 2.24) is 19.5 Å². The van der Waals surface area contributed by atoms with E-state index in [1.807, 2.05) is 0 Å². The topological polar surface area (TPSA) is 187 Å². The lowest BCUT2D eigenvalue weighted by Crippen LogP contribution is -2.33. The second-order valence-corrected chi connectivity index (χ2v) is 7.69. The Morgan fingerprint density at radius 3 is 2.31 bits per heavy atom. The van der Waals surface area contributed by atoms with Gasteiger partial charge in [0.25, 0.3) is 5.78 Å². The smallest absolute Gasteiger partial charge is 0.266 e. The van der Waals surface area contributed by atoms with E-state index in [0.717, 1.165) is 0 Å². The Labute approximate surface area is 198 Å². The number of imidazole rings is 1. The lowest BCUT2D eigenvalue weighted by Gasteiger charge is -2.21. The fourth-order valence-electron chi connectivity index (χ4n) is 4.08. The van der Waals surface area contributed by atoms with Gasteiger partial charge in [-0.05, 0) is 6.42 Å². The van der Waals surface area contributed by atoms with Gasteiger partial charge in [-0.25, -0.2) is 15.0 Å². The number of Topliss-reactive ketones (excluding diaryl/α,β-unsaturated/α-hetero) is 2. The normalized spacial score (nSPS) is 25.0. The van der Waals surface area contributed by atoms with Crippen LogP contribution in [0.1, 0.15) is 12.6 Å². The first kappa shape index (κ1) is 24.5. The molecule has 4 rings (SSSR count). The second-order valence-electron chi connectivity index (χ2n) is 7.69. The third-order valence-corrected chi connectivity index (χ3v) is 5.80. The number of methoxy groups -OCH3 is 3. The predicted molar refractivity (Wildman–Crippen MR) is 117 cm³/mol. The van der Waals surface area contributed by atoms with Gasteiger partial charge in [0, 0.05) is 6.54 Å². The van der Waals surface area contributed by atoms with E-state index < -0.39 is 42.7 Å². The van der Waals surface area contributed by atoms with Crippen molar-refractivity contribution in [2.45, 2.75) is 31.0 Å². The summed E-state index contributed by atoms with van der Waals surface area (Å²) in [5, 5.41) is 32.8. The van der Waals surface area contributed by atoms with Gasteiger partial charge in [-0.15, -0.1) is 0 Å². The highest BCUT2D eigenvalue weighted by molar-refractivity contribution is 6.22. The van der Waals surface area contributed by atoms with Crippen LogP contribution in [0.5, 0.6) is 0 Å². The van der Waals surface area contributed by atoms with Gasteiger partial charge in [0.15, 0.2) is 29.0 Å². The van der Waals surface area contributed by atoms with Crippen molar-refractivity contribution in [3.8, 4) is 0 Å². The monoisotopic (exact) mass is 491 g/mol. The average molecular weight is 491 g/mol. The third-order valence-electron chi connectivity index (χ3n) is 5.80. The van der Waals surface area contributed by atoms with Crippen molar-refractivity contribution in [2.75, 3.05) is 39.8 Å². The summed E-state index contributed by atoms with van der Waals surface area (Å²) in [5.41, 5.74) is 0.772. The Morgan fingerprint density at radius 2 is 1.69 bits per heavy atom. The number of hydrogen-bond acceptors (Lipinski definition) is 13. The number of allylic oxidation sites excluding steroid dienone is 1. The summed E-state index contributed by atoms with van der Waals surface area (Å²) >= 11 is 0. The van der Waals surface area contributed by atoms with Gasteiger partial charge in [-0.3, -0.25) is 14.2 Å². The van der Waals surface area contributed by atoms with Crippen LogP contribution in [0.2, 0.25) is 0 Å². The van der Waals surface area contributed by atoms with E-state index in [4.69, 9.17) is 18.9 Å². The molecule has 2 aromatic heterocycles. The highest BCUT2D eigenvalue weighted by Gasteiger charge is 2.44. The standard InChI is InChI=1S/C21H25N5O9/c1-32-16-9(12(28)17(33-2)18(34-3)15(16)31)4-5-22-19-11-20(24-7-23-19)26(8-25-11)21-14(30)13(29)10(6-27)35-21/h7-8,10,13-14,21,27,29-30H,4-6H2,1-3H3,(H,22,23,24). The molecular weight excluding hydrogens is 466 g/mol. The summed E-state index contributed by atoms with van der Waals surface area (Å²) < 4.78 is 22.3. The van der Waals surface area contributed by atoms with E-state index in [1.54, 1.807) is 0 Å². The number of hydrogen-bond donors (Lipinski definition) is 4. The number of rotatable bonds is 9. The zero-order valence-electron chi connectivity index (χ0n) is 19.2. The van der Waals surface area contributed by atoms with Gasteiger partial charge in [0.05, 0.1) is 39.8 Å². The van der Waals surface area contributed by atoms with Crippen LogP contribution in [0.15, 0.2) is 35.5 Å². The number of nitrogens with one attached hydrogen (secondary N) is 1. The molecule has 2 aromatic rings. The maximum Gasteiger partial charge on any atom is 0.266 e. The highest BCUT2D eigenvalue weighted by Crippen LogP contribution is 2.32. The summed E-state index contributed by atoms with van der Waals surface area (Å²) in [7, 11) is 3.82. The van der Waals surface area contributed by atoms with E-state index in [-0.39, 0.29) is 35.8 Å². The number of ether oxygens (including phenoxy) is 4. The molecule has 0 amide bonds. The summed E-state index contributed by atoms with van der Waals surface area (Å²) in [5.74, 6) is -1.34. The Hall–Kier alpha value is -3.59. The molecular formula is C21H25N5O9. The number of aliphatic hydroxyl groups is 3. The van der Waals surface area contributed by atoms with E-state index in [2.05, 4.69) is 20.3 Å². The lowest BCUT2D eigenvalue weighted by molar-refractivity contribution is -0.123. The summed E-state index contributed by atoms with van der Waals surface area (Å²) in [6, 6.07) is 0. The van der Waals surface area contributed by atoms with Gasteiger partial charge >= 0.3 is 0 Å². The van der Waals surface area contributed by atoms with Crippen molar-refractivity contribution >= 4 is 28.5 Å². The molecule has 35 heavy (non-hydrogen) atoms. The van der Waals surface area contributed by atoms with Crippen LogP contribution in [0.4, 0.5) is 5.82 Å². The first-order valence-electron chi connectivity index (χ1n) is 10.6. The minimum Gasteiger partial charge on any atom is -0.492 e. The lowest BCUT2D eigenvalue weighted by atomic mass is 9.95. The van der Waals surface area contributed by atoms with Crippen molar-refractivity contribution in [2.24, 2.45) is 0 Å². The molecule has 0 radical (unpaired) electrons. The minimum atomic E-state index is -1.30. The quantitative estimate of drug-likeness (QED) is 0.306. The van der Waals surface area contributed by atoms with Crippen LogP contribution < -0.4 is 5.32 Å². The predicted octanol–water partition coefficient (Wildman–Crippen LogP) is -1.20. The molecule has 0 bridgehead atoms. The van der Waals surface area contributed by atoms with Gasteiger partial charge < -0.3 is 39.6 Å². The molecule has 1 aliphatic heterocycles. The fraction of sp³-hybridized carbons (Fsp3) is 0.476.